The summed E-state index contributed by atoms with van der Waals surface area (Å²) in [5.41, 5.74) is 3.57. The van der Waals surface area contributed by atoms with Gasteiger partial charge < -0.3 is 5.32 Å². The van der Waals surface area contributed by atoms with Crippen molar-refractivity contribution in [3.63, 3.8) is 0 Å². The number of benzene rings is 1. The highest BCUT2D eigenvalue weighted by Crippen LogP contribution is 2.12. The molecule has 0 amide bonds. The first-order valence-electron chi connectivity index (χ1n) is 6.11. The molecule has 3 heteroatoms. The van der Waals surface area contributed by atoms with Gasteiger partial charge >= 0.3 is 0 Å². The highest BCUT2D eigenvalue weighted by molar-refractivity contribution is 5.45. The Morgan fingerprint density at radius 3 is 2.65 bits per heavy atom. The SMILES string of the molecule is CCn1cc(NCCc2ccccc2)c(C)n1. The van der Waals surface area contributed by atoms with Gasteiger partial charge in [-0.15, -0.1) is 0 Å². The first kappa shape index (κ1) is 11.7. The number of aryl methyl sites for hydroxylation is 2. The molecule has 3 nitrogen and oxygen atoms in total. The van der Waals surface area contributed by atoms with Gasteiger partial charge in [0.1, 0.15) is 0 Å². The van der Waals surface area contributed by atoms with Crippen LogP contribution < -0.4 is 5.32 Å². The molecule has 0 radical (unpaired) electrons. The van der Waals surface area contributed by atoms with Crippen LogP contribution in [0.25, 0.3) is 0 Å². The van der Waals surface area contributed by atoms with Crippen LogP contribution in [0.5, 0.6) is 0 Å². The zero-order chi connectivity index (χ0) is 12.1. The van der Waals surface area contributed by atoms with E-state index >= 15 is 0 Å². The standard InChI is InChI=1S/C14H19N3/c1-3-17-11-14(12(2)16-17)15-10-9-13-7-5-4-6-8-13/h4-8,11,15H,3,9-10H2,1-2H3. The van der Waals surface area contributed by atoms with E-state index in [9.17, 15) is 0 Å². The van der Waals surface area contributed by atoms with Gasteiger partial charge in [0.05, 0.1) is 11.4 Å². The van der Waals surface area contributed by atoms with E-state index in [-0.39, 0.29) is 0 Å². The molecule has 0 fully saturated rings. The van der Waals surface area contributed by atoms with Crippen LogP contribution in [-0.2, 0) is 13.0 Å². The monoisotopic (exact) mass is 229 g/mol. The molecule has 0 aliphatic carbocycles. The summed E-state index contributed by atoms with van der Waals surface area (Å²) in [5, 5.41) is 7.84. The highest BCUT2D eigenvalue weighted by atomic mass is 15.3. The van der Waals surface area contributed by atoms with Gasteiger partial charge in [-0.3, -0.25) is 4.68 Å². The van der Waals surface area contributed by atoms with Gasteiger partial charge in [-0.1, -0.05) is 30.3 Å². The van der Waals surface area contributed by atoms with E-state index in [4.69, 9.17) is 0 Å². The topological polar surface area (TPSA) is 29.9 Å². The summed E-state index contributed by atoms with van der Waals surface area (Å²) in [6.07, 6.45) is 3.11. The summed E-state index contributed by atoms with van der Waals surface area (Å²) in [5.74, 6) is 0. The minimum atomic E-state index is 0.918. The van der Waals surface area contributed by atoms with Crippen LogP contribution in [0.2, 0.25) is 0 Å². The van der Waals surface area contributed by atoms with Crippen LogP contribution in [0.1, 0.15) is 18.2 Å². The lowest BCUT2D eigenvalue weighted by atomic mass is 10.1. The van der Waals surface area contributed by atoms with Gasteiger partial charge in [-0.25, -0.2) is 0 Å². The van der Waals surface area contributed by atoms with Crippen molar-refractivity contribution in [3.8, 4) is 0 Å². The maximum absolute atomic E-state index is 4.41. The largest absolute Gasteiger partial charge is 0.382 e. The van der Waals surface area contributed by atoms with Crippen LogP contribution in [0.4, 0.5) is 5.69 Å². The van der Waals surface area contributed by atoms with Crippen LogP contribution in [0.15, 0.2) is 36.5 Å². The number of nitrogens with one attached hydrogen (secondary N) is 1. The van der Waals surface area contributed by atoms with Crippen molar-refractivity contribution < 1.29 is 0 Å². The quantitative estimate of drug-likeness (QED) is 0.854. The Morgan fingerprint density at radius 1 is 1.24 bits per heavy atom. The van der Waals surface area contributed by atoms with Crippen molar-refractivity contribution in [1.82, 2.24) is 9.78 Å². The van der Waals surface area contributed by atoms with Gasteiger partial charge in [0.25, 0.3) is 0 Å². The van der Waals surface area contributed by atoms with Gasteiger partial charge in [-0.2, -0.15) is 5.10 Å². The Hall–Kier alpha value is -1.77. The summed E-state index contributed by atoms with van der Waals surface area (Å²) in [7, 11) is 0. The smallest absolute Gasteiger partial charge is 0.0825 e. The molecule has 0 bridgehead atoms. The van der Waals surface area contributed by atoms with E-state index in [1.54, 1.807) is 0 Å². The minimum Gasteiger partial charge on any atom is -0.382 e. The third-order valence-corrected chi connectivity index (χ3v) is 2.84. The average Bonchev–Trinajstić information content (AvgIpc) is 2.72. The second-order valence-corrected chi connectivity index (χ2v) is 4.15. The van der Waals surface area contributed by atoms with Gasteiger partial charge in [0.2, 0.25) is 0 Å². The Balaban J connectivity index is 1.88. The summed E-state index contributed by atoms with van der Waals surface area (Å²) in [6.45, 7) is 6.00. The number of nitrogens with zero attached hydrogens (tertiary/aromatic N) is 2. The van der Waals surface area contributed by atoms with Crippen LogP contribution in [-0.4, -0.2) is 16.3 Å². The molecule has 1 N–H and O–H groups in total. The van der Waals surface area contributed by atoms with Crippen LogP contribution >= 0.6 is 0 Å². The number of hydrogen-bond acceptors (Lipinski definition) is 2. The molecule has 0 saturated carbocycles. The molecule has 0 saturated heterocycles. The molecule has 0 atom stereocenters. The molecule has 17 heavy (non-hydrogen) atoms. The first-order valence-corrected chi connectivity index (χ1v) is 6.11. The lowest BCUT2D eigenvalue weighted by molar-refractivity contribution is 0.653. The molecule has 2 rings (SSSR count). The highest BCUT2D eigenvalue weighted by Gasteiger charge is 2.02. The molecule has 0 aliphatic heterocycles. The lowest BCUT2D eigenvalue weighted by Crippen LogP contribution is -2.04. The summed E-state index contributed by atoms with van der Waals surface area (Å²) in [4.78, 5) is 0. The first-order chi connectivity index (χ1) is 8.29. The molecule has 1 aromatic heterocycles. The van der Waals surface area contributed by atoms with Gasteiger partial charge in [0.15, 0.2) is 0 Å². The predicted molar refractivity (Wildman–Crippen MR) is 71.3 cm³/mol. The van der Waals surface area contributed by atoms with Crippen LogP contribution in [0.3, 0.4) is 0 Å². The Labute approximate surface area is 102 Å². The van der Waals surface area contributed by atoms with E-state index in [1.807, 2.05) is 17.7 Å². The zero-order valence-electron chi connectivity index (χ0n) is 10.5. The maximum Gasteiger partial charge on any atom is 0.0825 e. The summed E-state index contributed by atoms with van der Waals surface area (Å²) < 4.78 is 1.96. The Bertz CT molecular complexity index is 460. The minimum absolute atomic E-state index is 0.918. The number of anilines is 1. The molecule has 1 aromatic carbocycles. The number of hydrogen-bond donors (Lipinski definition) is 1. The lowest BCUT2D eigenvalue weighted by Gasteiger charge is -2.04. The number of rotatable bonds is 5. The van der Waals surface area contributed by atoms with E-state index in [0.29, 0.717) is 0 Å². The predicted octanol–water partition coefficient (Wildman–Crippen LogP) is 2.87. The third-order valence-electron chi connectivity index (χ3n) is 2.84. The molecule has 0 aliphatic rings. The maximum atomic E-state index is 4.41. The molecule has 1 heterocycles. The van der Waals surface area contributed by atoms with Crippen molar-refractivity contribution in [2.75, 3.05) is 11.9 Å². The normalized spacial score (nSPS) is 10.5. The van der Waals surface area contributed by atoms with E-state index in [1.165, 1.54) is 5.56 Å². The fourth-order valence-corrected chi connectivity index (χ4v) is 1.84. The van der Waals surface area contributed by atoms with Crippen molar-refractivity contribution in [1.29, 1.82) is 0 Å². The third kappa shape index (κ3) is 3.09. The van der Waals surface area contributed by atoms with E-state index in [0.717, 1.165) is 30.9 Å². The van der Waals surface area contributed by atoms with Crippen LogP contribution in [0, 0.1) is 6.92 Å². The second-order valence-electron chi connectivity index (χ2n) is 4.15. The van der Waals surface area contributed by atoms with Crippen molar-refractivity contribution >= 4 is 5.69 Å². The van der Waals surface area contributed by atoms with Gasteiger partial charge in [0, 0.05) is 19.3 Å². The number of aromatic nitrogens is 2. The average molecular weight is 229 g/mol. The fraction of sp³-hybridized carbons (Fsp3) is 0.357. The molecule has 2 aromatic rings. The molecule has 90 valence electrons. The second kappa shape index (κ2) is 5.53. The summed E-state index contributed by atoms with van der Waals surface area (Å²) in [6, 6.07) is 10.5. The van der Waals surface area contributed by atoms with Crippen molar-refractivity contribution in [2.45, 2.75) is 26.8 Å². The van der Waals surface area contributed by atoms with Crippen molar-refractivity contribution in [3.05, 3.63) is 47.8 Å². The molecule has 0 spiro atoms. The van der Waals surface area contributed by atoms with Crippen molar-refractivity contribution in [2.24, 2.45) is 0 Å². The molecular formula is C14H19N3. The fourth-order valence-electron chi connectivity index (χ4n) is 1.84. The Kier molecular flexibility index (Phi) is 3.81. The molecule has 0 unspecified atom stereocenters. The van der Waals surface area contributed by atoms with Gasteiger partial charge in [-0.05, 0) is 25.8 Å². The Morgan fingerprint density at radius 2 is 2.00 bits per heavy atom. The van der Waals surface area contributed by atoms with E-state index < -0.39 is 0 Å². The zero-order valence-corrected chi connectivity index (χ0v) is 10.5. The summed E-state index contributed by atoms with van der Waals surface area (Å²) >= 11 is 0. The van der Waals surface area contributed by atoms with E-state index in [2.05, 4.69) is 47.8 Å². The molecular weight excluding hydrogens is 210 g/mol.